The molecule has 3 unspecified atom stereocenters. The predicted octanol–water partition coefficient (Wildman–Crippen LogP) is 3.02. The van der Waals surface area contributed by atoms with Crippen molar-refractivity contribution in [2.75, 3.05) is 13.2 Å². The second kappa shape index (κ2) is 8.60. The van der Waals surface area contributed by atoms with E-state index in [1.165, 1.54) is 25.3 Å². The molecule has 1 aromatic rings. The monoisotopic (exact) mass is 406 g/mol. The van der Waals surface area contributed by atoms with E-state index in [-0.39, 0.29) is 18.1 Å². The number of rotatable bonds is 3. The Kier molecular flexibility index (Phi) is 6.39. The van der Waals surface area contributed by atoms with E-state index in [1.807, 2.05) is 0 Å². The van der Waals surface area contributed by atoms with E-state index in [0.29, 0.717) is 12.1 Å². The van der Waals surface area contributed by atoms with Crippen LogP contribution >= 0.6 is 0 Å². The zero-order valence-corrected chi connectivity index (χ0v) is 15.1. The molecule has 3 fully saturated rings. The minimum Gasteiger partial charge on any atom is -0.475 e. The Balaban J connectivity index is 0.000000279. The lowest BCUT2D eigenvalue weighted by atomic mass is 9.90. The first-order valence-corrected chi connectivity index (χ1v) is 9.22. The lowest BCUT2D eigenvalue weighted by Crippen LogP contribution is -2.51. The predicted molar refractivity (Wildman–Crippen MR) is 89.4 cm³/mol. The third-order valence-electron chi connectivity index (χ3n) is 5.36. The molecule has 2 bridgehead atoms. The minimum absolute atomic E-state index is 0.0708. The lowest BCUT2D eigenvalue weighted by Gasteiger charge is -2.42. The first-order valence-electron chi connectivity index (χ1n) is 9.22. The molecule has 10 heteroatoms. The number of fused-ring (bicyclic) bond motifs is 2. The maximum atomic E-state index is 13.8. The van der Waals surface area contributed by atoms with Gasteiger partial charge in [0.25, 0.3) is 5.88 Å². The van der Waals surface area contributed by atoms with Crippen molar-refractivity contribution in [2.24, 2.45) is 0 Å². The quantitative estimate of drug-likeness (QED) is 0.779. The fourth-order valence-corrected chi connectivity index (χ4v) is 3.83. The van der Waals surface area contributed by atoms with E-state index in [9.17, 15) is 17.6 Å². The number of carbonyl (C=O) groups is 1. The molecule has 28 heavy (non-hydrogen) atoms. The molecule has 2 heterocycles. The van der Waals surface area contributed by atoms with Gasteiger partial charge in [0.05, 0.1) is 12.7 Å². The maximum absolute atomic E-state index is 13.8. The molecule has 1 N–H and O–H groups in total. The number of aliphatic carboxylic acids is 1. The molecule has 0 amide bonds. The highest BCUT2D eigenvalue weighted by Gasteiger charge is 2.47. The number of halogens is 4. The van der Waals surface area contributed by atoms with Gasteiger partial charge in [-0.25, -0.2) is 14.2 Å². The Hall–Kier alpha value is -1.94. The van der Waals surface area contributed by atoms with Crippen LogP contribution in [0.25, 0.3) is 0 Å². The summed E-state index contributed by atoms with van der Waals surface area (Å²) in [5.74, 6) is -3.04. The van der Waals surface area contributed by atoms with Gasteiger partial charge in [-0.1, -0.05) is 6.42 Å². The van der Waals surface area contributed by atoms with Gasteiger partial charge in [-0.2, -0.15) is 13.2 Å². The Morgan fingerprint density at radius 2 is 2.00 bits per heavy atom. The van der Waals surface area contributed by atoms with Crippen LogP contribution in [-0.2, 0) is 9.53 Å². The van der Waals surface area contributed by atoms with Crippen molar-refractivity contribution in [3.8, 4) is 5.88 Å². The van der Waals surface area contributed by atoms with E-state index < -0.39 is 18.0 Å². The summed E-state index contributed by atoms with van der Waals surface area (Å²) in [6.45, 7) is 1.72. The van der Waals surface area contributed by atoms with Gasteiger partial charge in [-0.15, -0.1) is 0 Å². The molecule has 0 spiro atoms. The minimum atomic E-state index is -5.08. The van der Waals surface area contributed by atoms with E-state index >= 15 is 0 Å². The van der Waals surface area contributed by atoms with E-state index in [2.05, 4.69) is 9.88 Å². The van der Waals surface area contributed by atoms with Gasteiger partial charge in [0.15, 0.2) is 5.82 Å². The van der Waals surface area contributed by atoms with Crippen molar-refractivity contribution in [1.29, 1.82) is 0 Å². The molecule has 6 nitrogen and oxygen atoms in total. The number of carboxylic acids is 1. The maximum Gasteiger partial charge on any atom is 0.490 e. The molecule has 156 valence electrons. The molecule has 2 aliphatic carbocycles. The number of ether oxygens (including phenoxy) is 2. The fraction of sp³-hybridized carbons (Fsp3) is 0.667. The summed E-state index contributed by atoms with van der Waals surface area (Å²) in [5, 5.41) is 7.12. The van der Waals surface area contributed by atoms with Crippen LogP contribution in [0.1, 0.15) is 32.1 Å². The number of carboxylic acid groups (broad SMARTS) is 1. The van der Waals surface area contributed by atoms with Gasteiger partial charge in [-0.05, 0) is 37.8 Å². The van der Waals surface area contributed by atoms with Crippen molar-refractivity contribution in [3.63, 3.8) is 0 Å². The SMILES string of the molecule is Fc1cccnc1OC1C2CCC1N(C1CCC1)CCO2.O=C(O)C(F)(F)F. The van der Waals surface area contributed by atoms with Crippen LogP contribution in [0, 0.1) is 5.82 Å². The van der Waals surface area contributed by atoms with Crippen LogP contribution in [-0.4, -0.2) is 64.6 Å². The number of nitrogens with zero attached hydrogens (tertiary/aromatic N) is 2. The van der Waals surface area contributed by atoms with Gasteiger partial charge < -0.3 is 14.6 Å². The molecular formula is C18H22F4N2O4. The summed E-state index contributed by atoms with van der Waals surface area (Å²) in [5.41, 5.74) is 0. The summed E-state index contributed by atoms with van der Waals surface area (Å²) < 4.78 is 57.4. The number of pyridine rings is 1. The second-order valence-corrected chi connectivity index (χ2v) is 7.05. The van der Waals surface area contributed by atoms with Crippen LogP contribution in [0.4, 0.5) is 17.6 Å². The third kappa shape index (κ3) is 4.72. The average Bonchev–Trinajstić information content (AvgIpc) is 2.87. The number of aromatic nitrogens is 1. The van der Waals surface area contributed by atoms with E-state index in [4.69, 9.17) is 19.4 Å². The van der Waals surface area contributed by atoms with Crippen molar-refractivity contribution >= 4 is 5.97 Å². The van der Waals surface area contributed by atoms with Gasteiger partial charge >= 0.3 is 12.1 Å². The van der Waals surface area contributed by atoms with Crippen LogP contribution in [0.3, 0.4) is 0 Å². The van der Waals surface area contributed by atoms with Crippen LogP contribution in [0.5, 0.6) is 5.88 Å². The summed E-state index contributed by atoms with van der Waals surface area (Å²) in [6.07, 6.45) is 2.38. The largest absolute Gasteiger partial charge is 0.490 e. The topological polar surface area (TPSA) is 71.9 Å². The highest BCUT2D eigenvalue weighted by molar-refractivity contribution is 5.73. The van der Waals surface area contributed by atoms with Gasteiger partial charge in [-0.3, -0.25) is 4.90 Å². The van der Waals surface area contributed by atoms with Crippen molar-refractivity contribution in [3.05, 3.63) is 24.1 Å². The summed E-state index contributed by atoms with van der Waals surface area (Å²) in [7, 11) is 0. The van der Waals surface area contributed by atoms with E-state index in [1.54, 1.807) is 12.3 Å². The second-order valence-electron chi connectivity index (χ2n) is 7.05. The van der Waals surface area contributed by atoms with Crippen molar-refractivity contribution in [2.45, 2.75) is 62.6 Å². The zero-order chi connectivity index (χ0) is 20.3. The molecule has 0 aromatic carbocycles. The molecule has 1 aliphatic heterocycles. The molecule has 0 radical (unpaired) electrons. The zero-order valence-electron chi connectivity index (χ0n) is 15.1. The Bertz CT molecular complexity index is 684. The van der Waals surface area contributed by atoms with Gasteiger partial charge in [0, 0.05) is 24.8 Å². The highest BCUT2D eigenvalue weighted by Crippen LogP contribution is 2.37. The summed E-state index contributed by atoms with van der Waals surface area (Å²) in [6, 6.07) is 3.98. The Labute approximate surface area is 159 Å². The average molecular weight is 406 g/mol. The summed E-state index contributed by atoms with van der Waals surface area (Å²) >= 11 is 0. The first kappa shape index (κ1) is 20.8. The molecular weight excluding hydrogens is 384 g/mol. The molecule has 3 aliphatic rings. The number of hydrogen-bond donors (Lipinski definition) is 1. The number of hydrogen-bond acceptors (Lipinski definition) is 5. The van der Waals surface area contributed by atoms with Crippen LogP contribution < -0.4 is 4.74 Å². The van der Waals surface area contributed by atoms with Crippen molar-refractivity contribution in [1.82, 2.24) is 9.88 Å². The highest BCUT2D eigenvalue weighted by atomic mass is 19.4. The summed E-state index contributed by atoms with van der Waals surface area (Å²) in [4.78, 5) is 15.5. The third-order valence-corrected chi connectivity index (χ3v) is 5.36. The van der Waals surface area contributed by atoms with E-state index in [0.717, 1.165) is 26.0 Å². The van der Waals surface area contributed by atoms with Crippen LogP contribution in [0.2, 0.25) is 0 Å². The molecule has 3 atom stereocenters. The standard InChI is InChI=1S/C16H21FN2O2.C2HF3O2/c17-12-5-2-8-18-16(12)21-15-13-6-7-14(15)20-10-9-19(13)11-3-1-4-11;3-2(4,5)1(6)7/h2,5,8,11,13-15H,1,3-4,6-7,9-10H2;(H,6,7). The van der Waals surface area contributed by atoms with Gasteiger partial charge in [0.2, 0.25) is 0 Å². The lowest BCUT2D eigenvalue weighted by molar-refractivity contribution is -0.192. The van der Waals surface area contributed by atoms with Gasteiger partial charge in [0.1, 0.15) is 6.10 Å². The Morgan fingerprint density at radius 3 is 2.57 bits per heavy atom. The fourth-order valence-electron chi connectivity index (χ4n) is 3.83. The molecule has 1 aromatic heterocycles. The normalized spacial score (nSPS) is 27.9. The molecule has 2 saturated carbocycles. The van der Waals surface area contributed by atoms with Crippen LogP contribution in [0.15, 0.2) is 18.3 Å². The van der Waals surface area contributed by atoms with Crippen molar-refractivity contribution < 1.29 is 36.9 Å². The Morgan fingerprint density at radius 1 is 1.29 bits per heavy atom. The smallest absolute Gasteiger partial charge is 0.475 e. The first-order chi connectivity index (χ1) is 13.3. The molecule has 4 rings (SSSR count). The molecule has 1 saturated heterocycles. The number of alkyl halides is 3.